The number of rotatable bonds is 1. The molecule has 0 bridgehead atoms. The number of fused-ring (bicyclic) bond motifs is 1. The van der Waals surface area contributed by atoms with E-state index in [-0.39, 0.29) is 0 Å². The monoisotopic (exact) mass is 241 g/mol. The summed E-state index contributed by atoms with van der Waals surface area (Å²) in [5, 5.41) is 9.28. The van der Waals surface area contributed by atoms with Gasteiger partial charge < -0.3 is 0 Å². The van der Waals surface area contributed by atoms with Gasteiger partial charge in [-0.3, -0.25) is 4.98 Å². The highest BCUT2D eigenvalue weighted by molar-refractivity contribution is 6.35. The van der Waals surface area contributed by atoms with Gasteiger partial charge in [-0.2, -0.15) is 10.2 Å². The van der Waals surface area contributed by atoms with Gasteiger partial charge in [0.1, 0.15) is 0 Å². The Kier molecular flexibility index (Phi) is 2.46. The fourth-order valence-corrected chi connectivity index (χ4v) is 1.96. The minimum absolute atomic E-state index is 0.707. The zero-order valence-corrected chi connectivity index (χ0v) is 9.59. The van der Waals surface area contributed by atoms with Crippen LogP contribution in [0.4, 0.5) is 0 Å². The van der Waals surface area contributed by atoms with Crippen LogP contribution in [0.5, 0.6) is 0 Å². The van der Waals surface area contributed by atoms with Gasteiger partial charge in [0.25, 0.3) is 0 Å². The minimum Gasteiger partial charge on any atom is -0.256 e. The lowest BCUT2D eigenvalue weighted by Gasteiger charge is -2.03. The Morgan fingerprint density at radius 3 is 2.65 bits per heavy atom. The van der Waals surface area contributed by atoms with Gasteiger partial charge in [0.2, 0.25) is 0 Å². The van der Waals surface area contributed by atoms with Gasteiger partial charge in [-0.15, -0.1) is 0 Å². The number of hydrogen-bond donors (Lipinski definition) is 0. The van der Waals surface area contributed by atoms with E-state index in [1.165, 1.54) is 0 Å². The maximum Gasteiger partial charge on any atom is 0.0717 e. The summed E-state index contributed by atoms with van der Waals surface area (Å²) in [6.07, 6.45) is 5.11. The van der Waals surface area contributed by atoms with E-state index in [4.69, 9.17) is 11.6 Å². The summed E-state index contributed by atoms with van der Waals surface area (Å²) in [4.78, 5) is 4.26. The van der Waals surface area contributed by atoms with Crippen LogP contribution in [0.25, 0.3) is 22.0 Å². The molecule has 0 aliphatic rings. The molecule has 0 aliphatic heterocycles. The molecule has 0 atom stereocenters. The van der Waals surface area contributed by atoms with Gasteiger partial charge in [-0.25, -0.2) is 0 Å². The van der Waals surface area contributed by atoms with E-state index < -0.39 is 0 Å². The largest absolute Gasteiger partial charge is 0.256 e. The molecule has 1 aromatic carbocycles. The van der Waals surface area contributed by atoms with E-state index >= 15 is 0 Å². The van der Waals surface area contributed by atoms with Crippen LogP contribution in [-0.2, 0) is 0 Å². The molecule has 0 saturated heterocycles. The number of hydrogen-bond acceptors (Lipinski definition) is 3. The molecule has 0 N–H and O–H groups in total. The van der Waals surface area contributed by atoms with Gasteiger partial charge in [0, 0.05) is 17.1 Å². The van der Waals surface area contributed by atoms with E-state index in [1.54, 1.807) is 24.7 Å². The molecule has 2 aromatic heterocycles. The summed E-state index contributed by atoms with van der Waals surface area (Å²) in [7, 11) is 0. The smallest absolute Gasteiger partial charge is 0.0717 e. The molecular formula is C13H8ClN3. The molecule has 0 fully saturated rings. The molecule has 82 valence electrons. The second kappa shape index (κ2) is 4.11. The molecule has 0 aliphatic carbocycles. The first kappa shape index (κ1) is 10.2. The molecule has 0 radical (unpaired) electrons. The first-order valence-corrected chi connectivity index (χ1v) is 5.54. The molecule has 3 rings (SSSR count). The summed E-state index contributed by atoms with van der Waals surface area (Å²) in [5.41, 5.74) is 2.97. The molecule has 17 heavy (non-hydrogen) atoms. The van der Waals surface area contributed by atoms with Crippen LogP contribution in [0.15, 0.2) is 48.9 Å². The van der Waals surface area contributed by atoms with E-state index in [9.17, 15) is 0 Å². The van der Waals surface area contributed by atoms with Gasteiger partial charge in [-0.05, 0) is 29.8 Å². The van der Waals surface area contributed by atoms with Crippen molar-refractivity contribution in [2.75, 3.05) is 0 Å². The molecule has 0 unspecified atom stereocenters. The normalized spacial score (nSPS) is 10.6. The Balaban J connectivity index is 2.23. The highest BCUT2D eigenvalue weighted by Gasteiger charge is 2.03. The molecule has 3 nitrogen and oxygen atoms in total. The number of halogens is 1. The van der Waals surface area contributed by atoms with E-state index in [2.05, 4.69) is 15.2 Å². The SMILES string of the molecule is Clc1ccnc2ccc(-c3ccnnc3)cc12. The predicted octanol–water partition coefficient (Wildman–Crippen LogP) is 3.35. The first-order chi connectivity index (χ1) is 8.34. The zero-order valence-electron chi connectivity index (χ0n) is 8.84. The Labute approximate surface area is 103 Å². The van der Waals surface area contributed by atoms with Gasteiger partial charge in [0.15, 0.2) is 0 Å². The second-order valence-electron chi connectivity index (χ2n) is 3.66. The number of pyridine rings is 1. The standard InChI is InChI=1S/C13H8ClN3/c14-12-4-5-15-13-2-1-9(7-11(12)13)10-3-6-16-17-8-10/h1-8H. The minimum atomic E-state index is 0.707. The molecule has 4 heteroatoms. The Hall–Kier alpha value is -2.00. The van der Waals surface area contributed by atoms with Gasteiger partial charge in [0.05, 0.1) is 22.9 Å². The average molecular weight is 242 g/mol. The van der Waals surface area contributed by atoms with Crippen molar-refractivity contribution in [3.63, 3.8) is 0 Å². The summed E-state index contributed by atoms with van der Waals surface area (Å²) >= 11 is 6.15. The van der Waals surface area contributed by atoms with Crippen LogP contribution in [0, 0.1) is 0 Å². The fraction of sp³-hybridized carbons (Fsp3) is 0. The van der Waals surface area contributed by atoms with Crippen molar-refractivity contribution in [1.82, 2.24) is 15.2 Å². The molecule has 0 saturated carbocycles. The summed E-state index contributed by atoms with van der Waals surface area (Å²) in [6, 6.07) is 9.68. The summed E-state index contributed by atoms with van der Waals surface area (Å²) in [5.74, 6) is 0. The number of aromatic nitrogens is 3. The lowest BCUT2D eigenvalue weighted by atomic mass is 10.1. The zero-order chi connectivity index (χ0) is 11.7. The quantitative estimate of drug-likeness (QED) is 0.656. The molecule has 0 spiro atoms. The maximum absolute atomic E-state index is 6.15. The van der Waals surface area contributed by atoms with Crippen molar-refractivity contribution in [2.45, 2.75) is 0 Å². The highest BCUT2D eigenvalue weighted by Crippen LogP contribution is 2.27. The second-order valence-corrected chi connectivity index (χ2v) is 4.06. The van der Waals surface area contributed by atoms with Crippen molar-refractivity contribution in [2.24, 2.45) is 0 Å². The van der Waals surface area contributed by atoms with Crippen LogP contribution < -0.4 is 0 Å². The first-order valence-electron chi connectivity index (χ1n) is 5.16. The van der Waals surface area contributed by atoms with E-state index in [1.807, 2.05) is 24.3 Å². The third kappa shape index (κ3) is 1.85. The molecular weight excluding hydrogens is 234 g/mol. The van der Waals surface area contributed by atoms with Crippen molar-refractivity contribution in [3.05, 3.63) is 53.9 Å². The van der Waals surface area contributed by atoms with E-state index in [0.29, 0.717) is 5.02 Å². The van der Waals surface area contributed by atoms with Crippen molar-refractivity contribution in [3.8, 4) is 11.1 Å². The fourth-order valence-electron chi connectivity index (χ4n) is 1.75. The van der Waals surface area contributed by atoms with Crippen LogP contribution >= 0.6 is 11.6 Å². The van der Waals surface area contributed by atoms with Crippen molar-refractivity contribution < 1.29 is 0 Å². The molecule has 3 aromatic rings. The summed E-state index contributed by atoms with van der Waals surface area (Å²) in [6.45, 7) is 0. The van der Waals surface area contributed by atoms with Gasteiger partial charge >= 0.3 is 0 Å². The van der Waals surface area contributed by atoms with Crippen molar-refractivity contribution in [1.29, 1.82) is 0 Å². The van der Waals surface area contributed by atoms with Crippen LogP contribution in [0.3, 0.4) is 0 Å². The highest BCUT2D eigenvalue weighted by atomic mass is 35.5. The van der Waals surface area contributed by atoms with Crippen LogP contribution in [-0.4, -0.2) is 15.2 Å². The molecule has 0 amide bonds. The van der Waals surface area contributed by atoms with E-state index in [0.717, 1.165) is 22.0 Å². The molecule has 2 heterocycles. The van der Waals surface area contributed by atoms with Gasteiger partial charge in [-0.1, -0.05) is 17.7 Å². The maximum atomic E-state index is 6.15. The lowest BCUT2D eigenvalue weighted by Crippen LogP contribution is -1.84. The van der Waals surface area contributed by atoms with Crippen molar-refractivity contribution >= 4 is 22.5 Å². The lowest BCUT2D eigenvalue weighted by molar-refractivity contribution is 1.03. The predicted molar refractivity (Wildman–Crippen MR) is 67.8 cm³/mol. The summed E-state index contributed by atoms with van der Waals surface area (Å²) < 4.78 is 0. The topological polar surface area (TPSA) is 38.7 Å². The van der Waals surface area contributed by atoms with Crippen LogP contribution in [0.2, 0.25) is 5.02 Å². The third-order valence-corrected chi connectivity index (χ3v) is 2.94. The Bertz CT molecular complexity index is 668. The Morgan fingerprint density at radius 2 is 1.82 bits per heavy atom. The number of benzene rings is 1. The third-order valence-electron chi connectivity index (χ3n) is 2.61. The van der Waals surface area contributed by atoms with Crippen LogP contribution in [0.1, 0.15) is 0 Å². The Morgan fingerprint density at radius 1 is 0.882 bits per heavy atom. The average Bonchev–Trinajstić information content (AvgIpc) is 2.40. The number of nitrogens with zero attached hydrogens (tertiary/aromatic N) is 3.